The molecule has 0 unspecified atom stereocenters. The molecular formula is C16H13BrN4O3S. The Morgan fingerprint density at radius 3 is 2.92 bits per heavy atom. The Morgan fingerprint density at radius 2 is 2.24 bits per heavy atom. The number of para-hydroxylation sites is 1. The van der Waals surface area contributed by atoms with E-state index in [0.717, 1.165) is 9.35 Å². The molecule has 1 N–H and O–H groups in total. The number of aromatic nitrogens is 2. The highest BCUT2D eigenvalue weighted by Crippen LogP contribution is 2.25. The number of benzene rings is 1. The zero-order chi connectivity index (χ0) is 18.0. The lowest BCUT2D eigenvalue weighted by molar-refractivity contribution is -0.385. The number of nitro groups is 1. The van der Waals surface area contributed by atoms with Crippen molar-refractivity contribution in [3.05, 3.63) is 72.5 Å². The number of carbonyl (C=O) groups is 1. The average molecular weight is 421 g/mol. The quantitative estimate of drug-likeness (QED) is 0.493. The number of hydrogen-bond donors (Lipinski definition) is 1. The number of hydrogen-bond acceptors (Lipinski definition) is 5. The SMILES string of the molecule is Cc1cccc(C(=O)Nc2ccnn2Cc2cc(Br)cs2)c1[N+](=O)[O-]. The van der Waals surface area contributed by atoms with Crippen LogP contribution in [0.5, 0.6) is 0 Å². The Kier molecular flexibility index (Phi) is 4.95. The van der Waals surface area contributed by atoms with Gasteiger partial charge in [-0.2, -0.15) is 5.10 Å². The summed E-state index contributed by atoms with van der Waals surface area (Å²) >= 11 is 4.97. The molecule has 0 radical (unpaired) electrons. The summed E-state index contributed by atoms with van der Waals surface area (Å²) in [5.41, 5.74) is 0.277. The van der Waals surface area contributed by atoms with E-state index in [2.05, 4.69) is 26.3 Å². The lowest BCUT2D eigenvalue weighted by atomic mass is 10.1. The molecule has 9 heteroatoms. The van der Waals surface area contributed by atoms with E-state index in [-0.39, 0.29) is 11.3 Å². The van der Waals surface area contributed by atoms with Crippen molar-refractivity contribution in [3.63, 3.8) is 0 Å². The molecule has 3 rings (SSSR count). The van der Waals surface area contributed by atoms with Crippen LogP contribution in [-0.4, -0.2) is 20.6 Å². The van der Waals surface area contributed by atoms with Gasteiger partial charge in [-0.05, 0) is 35.0 Å². The molecule has 7 nitrogen and oxygen atoms in total. The summed E-state index contributed by atoms with van der Waals surface area (Å²) in [6, 6.07) is 8.30. The fourth-order valence-corrected chi connectivity index (χ4v) is 3.85. The Hall–Kier alpha value is -2.52. The molecule has 0 aliphatic carbocycles. The number of nitro benzene ring substituents is 1. The molecule has 0 saturated carbocycles. The number of thiophene rings is 1. The van der Waals surface area contributed by atoms with Gasteiger partial charge in [0, 0.05) is 26.4 Å². The Balaban J connectivity index is 1.84. The van der Waals surface area contributed by atoms with Crippen molar-refractivity contribution >= 4 is 44.7 Å². The fourth-order valence-electron chi connectivity index (χ4n) is 2.42. The van der Waals surface area contributed by atoms with Gasteiger partial charge in [0.25, 0.3) is 11.6 Å². The van der Waals surface area contributed by atoms with Gasteiger partial charge in [-0.25, -0.2) is 4.68 Å². The summed E-state index contributed by atoms with van der Waals surface area (Å²) < 4.78 is 2.62. The summed E-state index contributed by atoms with van der Waals surface area (Å²) in [7, 11) is 0. The van der Waals surface area contributed by atoms with E-state index in [1.54, 1.807) is 47.3 Å². The molecule has 2 aromatic heterocycles. The largest absolute Gasteiger partial charge is 0.307 e. The van der Waals surface area contributed by atoms with Gasteiger partial charge in [-0.15, -0.1) is 11.3 Å². The number of anilines is 1. The molecule has 0 spiro atoms. The summed E-state index contributed by atoms with van der Waals surface area (Å²) in [4.78, 5) is 24.3. The predicted molar refractivity (Wildman–Crippen MR) is 99.1 cm³/mol. The van der Waals surface area contributed by atoms with Crippen molar-refractivity contribution in [3.8, 4) is 0 Å². The van der Waals surface area contributed by atoms with Crippen molar-refractivity contribution < 1.29 is 9.72 Å². The van der Waals surface area contributed by atoms with Crippen LogP contribution in [0.1, 0.15) is 20.8 Å². The maximum absolute atomic E-state index is 12.5. The molecule has 0 aliphatic rings. The molecule has 128 valence electrons. The molecule has 1 amide bonds. The molecule has 1 aromatic carbocycles. The first-order valence-electron chi connectivity index (χ1n) is 7.26. The van der Waals surface area contributed by atoms with Crippen LogP contribution in [-0.2, 0) is 6.54 Å². The first-order chi connectivity index (χ1) is 12.0. The van der Waals surface area contributed by atoms with Crippen LogP contribution in [0.2, 0.25) is 0 Å². The molecule has 0 atom stereocenters. The molecular weight excluding hydrogens is 408 g/mol. The minimum atomic E-state index is -0.537. The number of rotatable bonds is 5. The van der Waals surface area contributed by atoms with Gasteiger partial charge < -0.3 is 5.32 Å². The van der Waals surface area contributed by atoms with Crippen LogP contribution in [0.15, 0.2) is 46.4 Å². The molecule has 0 fully saturated rings. The number of nitrogens with one attached hydrogen (secondary N) is 1. The van der Waals surface area contributed by atoms with E-state index in [1.165, 1.54) is 6.07 Å². The van der Waals surface area contributed by atoms with Crippen molar-refractivity contribution in [2.45, 2.75) is 13.5 Å². The smallest absolute Gasteiger partial charge is 0.285 e. The number of halogens is 1. The molecule has 0 aliphatic heterocycles. The van der Waals surface area contributed by atoms with Crippen LogP contribution in [0.4, 0.5) is 11.5 Å². The van der Waals surface area contributed by atoms with Crippen LogP contribution in [0.3, 0.4) is 0 Å². The van der Waals surface area contributed by atoms with Gasteiger partial charge in [0.15, 0.2) is 0 Å². The maximum Gasteiger partial charge on any atom is 0.285 e. The van der Waals surface area contributed by atoms with Crippen molar-refractivity contribution in [2.75, 3.05) is 5.32 Å². The van der Waals surface area contributed by atoms with Gasteiger partial charge >= 0.3 is 0 Å². The topological polar surface area (TPSA) is 90.1 Å². The predicted octanol–water partition coefficient (Wildman–Crippen LogP) is 4.22. The van der Waals surface area contributed by atoms with Gasteiger partial charge in [0.2, 0.25) is 0 Å². The maximum atomic E-state index is 12.5. The Morgan fingerprint density at radius 1 is 1.44 bits per heavy atom. The Bertz CT molecular complexity index is 951. The lowest BCUT2D eigenvalue weighted by Gasteiger charge is -2.09. The molecule has 3 aromatic rings. The monoisotopic (exact) mass is 420 g/mol. The zero-order valence-corrected chi connectivity index (χ0v) is 15.5. The second-order valence-electron chi connectivity index (χ2n) is 5.29. The number of amides is 1. The third kappa shape index (κ3) is 3.77. The van der Waals surface area contributed by atoms with Crippen LogP contribution < -0.4 is 5.32 Å². The second kappa shape index (κ2) is 7.16. The number of nitrogens with zero attached hydrogens (tertiary/aromatic N) is 3. The summed E-state index contributed by atoms with van der Waals surface area (Å²) in [6.45, 7) is 2.10. The summed E-state index contributed by atoms with van der Waals surface area (Å²) in [5.74, 6) is -0.0603. The minimum absolute atomic E-state index is 0.0246. The highest BCUT2D eigenvalue weighted by molar-refractivity contribution is 9.10. The first kappa shape index (κ1) is 17.3. The third-order valence-corrected chi connectivity index (χ3v) is 5.23. The number of carbonyl (C=O) groups excluding carboxylic acids is 1. The Labute approximate surface area is 155 Å². The third-order valence-electron chi connectivity index (χ3n) is 3.55. The number of aryl methyl sites for hydroxylation is 1. The second-order valence-corrected chi connectivity index (χ2v) is 7.20. The molecule has 0 bridgehead atoms. The average Bonchev–Trinajstić information content (AvgIpc) is 3.16. The minimum Gasteiger partial charge on any atom is -0.307 e. The van der Waals surface area contributed by atoms with E-state index in [0.29, 0.717) is 17.9 Å². The molecule has 25 heavy (non-hydrogen) atoms. The highest BCUT2D eigenvalue weighted by Gasteiger charge is 2.23. The zero-order valence-electron chi connectivity index (χ0n) is 13.1. The van der Waals surface area contributed by atoms with Crippen molar-refractivity contribution in [2.24, 2.45) is 0 Å². The van der Waals surface area contributed by atoms with Gasteiger partial charge in [-0.3, -0.25) is 14.9 Å². The van der Waals surface area contributed by atoms with E-state index < -0.39 is 10.8 Å². The molecule has 2 heterocycles. The van der Waals surface area contributed by atoms with Crippen LogP contribution in [0.25, 0.3) is 0 Å². The van der Waals surface area contributed by atoms with E-state index >= 15 is 0 Å². The first-order valence-corrected chi connectivity index (χ1v) is 8.93. The van der Waals surface area contributed by atoms with E-state index in [4.69, 9.17) is 0 Å². The molecule has 0 saturated heterocycles. The lowest BCUT2D eigenvalue weighted by Crippen LogP contribution is -2.17. The standard InChI is InChI=1S/C16H13BrN4O3S/c1-10-3-2-4-13(15(10)21(23)24)16(22)19-14-5-6-18-20(14)8-12-7-11(17)9-25-12/h2-7,9H,8H2,1H3,(H,19,22). The summed E-state index contributed by atoms with van der Waals surface area (Å²) in [5, 5.41) is 20.1. The van der Waals surface area contributed by atoms with E-state index in [9.17, 15) is 14.9 Å². The fraction of sp³-hybridized carbons (Fsp3) is 0.125. The van der Waals surface area contributed by atoms with Crippen molar-refractivity contribution in [1.29, 1.82) is 0 Å². The van der Waals surface area contributed by atoms with Crippen molar-refractivity contribution in [1.82, 2.24) is 9.78 Å². The highest BCUT2D eigenvalue weighted by atomic mass is 79.9. The van der Waals surface area contributed by atoms with Gasteiger partial charge in [0.05, 0.1) is 17.7 Å². The van der Waals surface area contributed by atoms with Crippen LogP contribution >= 0.6 is 27.3 Å². The normalized spacial score (nSPS) is 10.6. The van der Waals surface area contributed by atoms with E-state index in [1.807, 2.05) is 11.4 Å². The van der Waals surface area contributed by atoms with Crippen LogP contribution in [0, 0.1) is 17.0 Å². The summed E-state index contributed by atoms with van der Waals surface area (Å²) in [6.07, 6.45) is 1.57. The van der Waals surface area contributed by atoms with Gasteiger partial charge in [-0.1, -0.05) is 12.1 Å². The van der Waals surface area contributed by atoms with Gasteiger partial charge in [0.1, 0.15) is 11.4 Å².